The van der Waals surface area contributed by atoms with Crippen molar-refractivity contribution in [2.45, 2.75) is 0 Å². The second-order valence-corrected chi connectivity index (χ2v) is 3.89. The van der Waals surface area contributed by atoms with Gasteiger partial charge in [-0.2, -0.15) is 0 Å². The lowest BCUT2D eigenvalue weighted by Crippen LogP contribution is -2.50. The molecule has 1 aliphatic heterocycles. The number of rotatable bonds is 6. The molecule has 7 nitrogen and oxygen atoms in total. The highest BCUT2D eigenvalue weighted by Crippen LogP contribution is 2.02. The Morgan fingerprint density at radius 2 is 1.88 bits per heavy atom. The second kappa shape index (κ2) is 7.21. The monoisotopic (exact) mass is 245 g/mol. The van der Waals surface area contributed by atoms with E-state index in [0.717, 1.165) is 0 Å². The fraction of sp³-hybridized carbons (Fsp3) is 0.800. The molecule has 17 heavy (non-hydrogen) atoms. The van der Waals surface area contributed by atoms with Gasteiger partial charge in [-0.15, -0.1) is 0 Å². The first-order valence-corrected chi connectivity index (χ1v) is 5.63. The molecule has 1 heterocycles. The minimum absolute atomic E-state index is 0.0334. The highest BCUT2D eigenvalue weighted by atomic mass is 16.5. The number of nitrogens with zero attached hydrogens (tertiary/aromatic N) is 2. The van der Waals surface area contributed by atoms with Crippen molar-refractivity contribution in [3.8, 4) is 0 Å². The third-order valence-corrected chi connectivity index (χ3v) is 2.57. The molecule has 0 aromatic carbocycles. The van der Waals surface area contributed by atoms with Gasteiger partial charge in [0.1, 0.15) is 6.61 Å². The first-order valence-electron chi connectivity index (χ1n) is 5.63. The Morgan fingerprint density at radius 3 is 2.41 bits per heavy atom. The molecule has 0 radical (unpaired) electrons. The lowest BCUT2D eigenvalue weighted by atomic mass is 10.3. The van der Waals surface area contributed by atoms with Gasteiger partial charge in [-0.05, 0) is 0 Å². The molecule has 1 fully saturated rings. The largest absolute Gasteiger partial charge is 0.480 e. The Bertz CT molecular complexity index is 264. The van der Waals surface area contributed by atoms with Crippen LogP contribution in [-0.4, -0.2) is 79.3 Å². The van der Waals surface area contributed by atoms with Gasteiger partial charge in [0.05, 0.1) is 13.2 Å². The van der Waals surface area contributed by atoms with E-state index in [1.807, 2.05) is 4.90 Å². The summed E-state index contributed by atoms with van der Waals surface area (Å²) in [6.45, 7) is 3.16. The molecule has 0 saturated carbocycles. The van der Waals surface area contributed by atoms with Crippen LogP contribution in [-0.2, 0) is 14.3 Å². The minimum atomic E-state index is -0.837. The second-order valence-electron chi connectivity index (χ2n) is 3.89. The van der Waals surface area contributed by atoms with Gasteiger partial charge in [-0.1, -0.05) is 0 Å². The van der Waals surface area contributed by atoms with Crippen LogP contribution in [0.3, 0.4) is 0 Å². The third-order valence-electron chi connectivity index (χ3n) is 2.57. The number of ether oxygens (including phenoxy) is 1. The van der Waals surface area contributed by atoms with Crippen molar-refractivity contribution < 1.29 is 19.4 Å². The van der Waals surface area contributed by atoms with Crippen molar-refractivity contribution in [1.29, 1.82) is 0 Å². The number of hydrogen-bond acceptors (Lipinski definition) is 5. The molecule has 1 saturated heterocycles. The summed E-state index contributed by atoms with van der Waals surface area (Å²) in [6.07, 6.45) is 0. The molecule has 1 rings (SSSR count). The van der Waals surface area contributed by atoms with Crippen molar-refractivity contribution >= 4 is 11.9 Å². The third kappa shape index (κ3) is 5.12. The van der Waals surface area contributed by atoms with E-state index in [1.165, 1.54) is 0 Å². The molecule has 1 aliphatic rings. The van der Waals surface area contributed by atoms with E-state index in [4.69, 9.17) is 15.6 Å². The molecule has 3 N–H and O–H groups in total. The van der Waals surface area contributed by atoms with Crippen LogP contribution in [0.5, 0.6) is 0 Å². The van der Waals surface area contributed by atoms with Crippen LogP contribution in [0.1, 0.15) is 0 Å². The van der Waals surface area contributed by atoms with E-state index in [1.54, 1.807) is 4.90 Å². The number of carboxylic acids is 1. The summed E-state index contributed by atoms with van der Waals surface area (Å²) < 4.78 is 5.07. The van der Waals surface area contributed by atoms with Crippen LogP contribution in [0, 0.1) is 0 Å². The number of nitrogens with two attached hydrogens (primary N) is 1. The van der Waals surface area contributed by atoms with Gasteiger partial charge in [0.2, 0.25) is 5.91 Å². The Balaban J connectivity index is 2.21. The van der Waals surface area contributed by atoms with Crippen LogP contribution < -0.4 is 5.73 Å². The summed E-state index contributed by atoms with van der Waals surface area (Å²) in [5.41, 5.74) is 5.25. The zero-order chi connectivity index (χ0) is 12.7. The zero-order valence-electron chi connectivity index (χ0n) is 9.80. The molecule has 0 aromatic rings. The Kier molecular flexibility index (Phi) is 5.88. The minimum Gasteiger partial charge on any atom is -0.480 e. The number of carbonyl (C=O) groups is 2. The number of carboxylic acid groups (broad SMARTS) is 1. The summed E-state index contributed by atoms with van der Waals surface area (Å²) in [6, 6.07) is 0. The number of piperazine rings is 1. The van der Waals surface area contributed by atoms with E-state index >= 15 is 0 Å². The molecular formula is C10H19N3O4. The van der Waals surface area contributed by atoms with Gasteiger partial charge in [0.25, 0.3) is 0 Å². The van der Waals surface area contributed by atoms with E-state index in [0.29, 0.717) is 39.3 Å². The predicted molar refractivity (Wildman–Crippen MR) is 60.5 cm³/mol. The van der Waals surface area contributed by atoms with Crippen LogP contribution in [0.25, 0.3) is 0 Å². The van der Waals surface area contributed by atoms with Crippen LogP contribution in [0.15, 0.2) is 0 Å². The summed E-state index contributed by atoms with van der Waals surface area (Å²) in [7, 11) is 0. The Hall–Kier alpha value is -1.18. The molecule has 0 aromatic heterocycles. The Labute approximate surface area is 100 Å². The van der Waals surface area contributed by atoms with Gasteiger partial charge in [-0.25, -0.2) is 0 Å². The summed E-state index contributed by atoms with van der Waals surface area (Å²) in [5.74, 6) is -0.899. The molecule has 98 valence electrons. The number of aliphatic carboxylic acids is 1. The topological polar surface area (TPSA) is 96.1 Å². The molecule has 0 spiro atoms. The molecule has 0 aliphatic carbocycles. The van der Waals surface area contributed by atoms with Gasteiger partial charge < -0.3 is 20.5 Å². The average Bonchev–Trinajstić information content (AvgIpc) is 2.29. The quantitative estimate of drug-likeness (QED) is 0.535. The van der Waals surface area contributed by atoms with Crippen molar-refractivity contribution in [2.75, 3.05) is 52.5 Å². The van der Waals surface area contributed by atoms with E-state index in [-0.39, 0.29) is 19.1 Å². The maximum Gasteiger partial charge on any atom is 0.317 e. The van der Waals surface area contributed by atoms with Gasteiger partial charge >= 0.3 is 5.97 Å². The zero-order valence-corrected chi connectivity index (χ0v) is 9.80. The summed E-state index contributed by atoms with van der Waals surface area (Å²) in [4.78, 5) is 25.6. The predicted octanol–water partition coefficient (Wildman–Crippen LogP) is -1.81. The maximum atomic E-state index is 11.6. The molecule has 0 bridgehead atoms. The summed E-state index contributed by atoms with van der Waals surface area (Å²) >= 11 is 0. The van der Waals surface area contributed by atoms with Crippen LogP contribution in [0.4, 0.5) is 0 Å². The van der Waals surface area contributed by atoms with Crippen molar-refractivity contribution in [2.24, 2.45) is 5.73 Å². The van der Waals surface area contributed by atoms with E-state index in [9.17, 15) is 9.59 Å². The fourth-order valence-corrected chi connectivity index (χ4v) is 1.68. The maximum absolute atomic E-state index is 11.6. The van der Waals surface area contributed by atoms with Gasteiger partial charge in [-0.3, -0.25) is 14.5 Å². The first-order chi connectivity index (χ1) is 8.13. The number of hydrogen-bond donors (Lipinski definition) is 2. The SMILES string of the molecule is NCCOCC(=O)N1CCN(CC(=O)O)CC1. The molecular weight excluding hydrogens is 226 g/mol. The highest BCUT2D eigenvalue weighted by molar-refractivity contribution is 5.77. The lowest BCUT2D eigenvalue weighted by molar-refractivity contribution is -0.140. The molecule has 7 heteroatoms. The van der Waals surface area contributed by atoms with Crippen molar-refractivity contribution in [3.63, 3.8) is 0 Å². The Morgan fingerprint density at radius 1 is 1.24 bits per heavy atom. The normalized spacial score (nSPS) is 17.1. The molecule has 0 atom stereocenters. The fourth-order valence-electron chi connectivity index (χ4n) is 1.68. The molecule has 1 amide bonds. The number of amides is 1. The van der Waals surface area contributed by atoms with E-state index < -0.39 is 5.97 Å². The van der Waals surface area contributed by atoms with Crippen LogP contribution >= 0.6 is 0 Å². The van der Waals surface area contributed by atoms with Gasteiger partial charge in [0, 0.05) is 32.7 Å². The number of carbonyl (C=O) groups excluding carboxylic acids is 1. The standard InChI is InChI=1S/C10H19N3O4/c11-1-6-17-8-9(14)13-4-2-12(3-5-13)7-10(15)16/h1-8,11H2,(H,15,16). The van der Waals surface area contributed by atoms with Gasteiger partial charge in [0.15, 0.2) is 0 Å². The van der Waals surface area contributed by atoms with Crippen molar-refractivity contribution in [1.82, 2.24) is 9.80 Å². The molecule has 0 unspecified atom stereocenters. The lowest BCUT2D eigenvalue weighted by Gasteiger charge is -2.33. The van der Waals surface area contributed by atoms with Crippen molar-refractivity contribution in [3.05, 3.63) is 0 Å². The highest BCUT2D eigenvalue weighted by Gasteiger charge is 2.21. The first kappa shape index (κ1) is 13.9. The van der Waals surface area contributed by atoms with Crippen LogP contribution in [0.2, 0.25) is 0 Å². The smallest absolute Gasteiger partial charge is 0.317 e. The summed E-state index contributed by atoms with van der Waals surface area (Å²) in [5, 5.41) is 8.63. The average molecular weight is 245 g/mol. The van der Waals surface area contributed by atoms with E-state index in [2.05, 4.69) is 0 Å².